The molecule has 0 bridgehead atoms. The highest BCUT2D eigenvalue weighted by Crippen LogP contribution is 2.23. The molecule has 0 aromatic carbocycles. The van der Waals surface area contributed by atoms with Crippen LogP contribution < -0.4 is 0 Å². The number of allylic oxidation sites excluding steroid dienone is 3. The summed E-state index contributed by atoms with van der Waals surface area (Å²) in [5, 5.41) is 0. The zero-order valence-electron chi connectivity index (χ0n) is 23.8. The number of piperazine rings is 1. The maximum Gasteiger partial charge on any atom is 0.0110 e. The molecule has 0 spiro atoms. The molecule has 0 radical (unpaired) electrons. The highest BCUT2D eigenvalue weighted by Gasteiger charge is 2.16. The number of likely N-dealkylation sites (N-methyl/N-ethyl adjacent to an activating group) is 1. The molecule has 0 amide bonds. The largest absolute Gasteiger partial charge is 0.304 e. The van der Waals surface area contributed by atoms with E-state index in [-0.39, 0.29) is 0 Å². The summed E-state index contributed by atoms with van der Waals surface area (Å²) in [6, 6.07) is 0. The molecule has 1 rings (SSSR count). The molecule has 0 aromatic rings. The minimum absolute atomic E-state index is 0.901. The third-order valence-electron chi connectivity index (χ3n) is 7.84. The average Bonchev–Trinajstić information content (AvgIpc) is 2.84. The summed E-state index contributed by atoms with van der Waals surface area (Å²) >= 11 is 0. The summed E-state index contributed by atoms with van der Waals surface area (Å²) in [6.07, 6.45) is 30.8. The number of unbranched alkanes of at least 4 members (excludes halogenated alkanes) is 11. The van der Waals surface area contributed by atoms with Crippen LogP contribution in [0.1, 0.15) is 136 Å². The van der Waals surface area contributed by atoms with E-state index >= 15 is 0 Å². The molecule has 2 nitrogen and oxygen atoms in total. The van der Waals surface area contributed by atoms with Gasteiger partial charge >= 0.3 is 0 Å². The van der Waals surface area contributed by atoms with Crippen molar-refractivity contribution in [1.29, 1.82) is 0 Å². The molecule has 0 aromatic heterocycles. The van der Waals surface area contributed by atoms with Gasteiger partial charge in [-0.25, -0.2) is 0 Å². The fourth-order valence-electron chi connectivity index (χ4n) is 5.26. The molecule has 0 N–H and O–H groups in total. The van der Waals surface area contributed by atoms with Crippen molar-refractivity contribution in [2.75, 3.05) is 39.8 Å². The van der Waals surface area contributed by atoms with E-state index in [4.69, 9.17) is 0 Å². The molecule has 1 unspecified atom stereocenters. The Bertz CT molecular complexity index is 475. The average molecular weight is 475 g/mol. The third-order valence-corrected chi connectivity index (χ3v) is 7.84. The van der Waals surface area contributed by atoms with Crippen LogP contribution in [0.15, 0.2) is 24.3 Å². The first-order chi connectivity index (χ1) is 16.7. The molecular formula is C32H62N2. The summed E-state index contributed by atoms with van der Waals surface area (Å²) in [4.78, 5) is 5.14. The van der Waals surface area contributed by atoms with Gasteiger partial charge in [-0.1, -0.05) is 102 Å². The van der Waals surface area contributed by atoms with Crippen LogP contribution in [0.25, 0.3) is 0 Å². The van der Waals surface area contributed by atoms with E-state index in [0.717, 1.165) is 5.92 Å². The van der Waals surface area contributed by atoms with Gasteiger partial charge in [-0.05, 0) is 77.3 Å². The van der Waals surface area contributed by atoms with Crippen molar-refractivity contribution in [3.05, 3.63) is 24.3 Å². The smallest absolute Gasteiger partial charge is 0.0110 e. The molecule has 1 atom stereocenters. The molecule has 2 heteroatoms. The Labute approximate surface area is 215 Å². The Morgan fingerprint density at radius 2 is 1.26 bits per heavy atom. The second-order valence-electron chi connectivity index (χ2n) is 11.2. The van der Waals surface area contributed by atoms with Crippen molar-refractivity contribution in [2.45, 2.75) is 136 Å². The van der Waals surface area contributed by atoms with Crippen LogP contribution in [0.5, 0.6) is 0 Å². The fraction of sp³-hybridized carbons (Fsp3) is 0.875. The lowest BCUT2D eigenvalue weighted by molar-refractivity contribution is 0.145. The molecule has 1 aliphatic rings. The van der Waals surface area contributed by atoms with Gasteiger partial charge in [0.05, 0.1) is 0 Å². The van der Waals surface area contributed by atoms with Crippen LogP contribution in [0.2, 0.25) is 0 Å². The fourth-order valence-corrected chi connectivity index (χ4v) is 5.26. The van der Waals surface area contributed by atoms with Crippen LogP contribution in [0, 0.1) is 5.92 Å². The molecule has 0 saturated carbocycles. The van der Waals surface area contributed by atoms with E-state index in [1.165, 1.54) is 160 Å². The lowest BCUT2D eigenvalue weighted by Crippen LogP contribution is -2.44. The number of hydrogen-bond donors (Lipinski definition) is 0. The minimum atomic E-state index is 0.901. The second-order valence-corrected chi connectivity index (χ2v) is 11.2. The molecule has 0 aliphatic carbocycles. The zero-order chi connectivity index (χ0) is 24.7. The monoisotopic (exact) mass is 474 g/mol. The maximum absolute atomic E-state index is 4.43. The molecule has 1 aliphatic heterocycles. The number of hydrogen-bond acceptors (Lipinski definition) is 2. The normalized spacial score (nSPS) is 16.4. The van der Waals surface area contributed by atoms with Gasteiger partial charge in [0, 0.05) is 26.2 Å². The molecular weight excluding hydrogens is 412 g/mol. The predicted octanol–water partition coefficient (Wildman–Crippen LogP) is 9.41. The van der Waals surface area contributed by atoms with Crippen molar-refractivity contribution < 1.29 is 0 Å². The topological polar surface area (TPSA) is 6.48 Å². The van der Waals surface area contributed by atoms with Crippen LogP contribution in [0.4, 0.5) is 0 Å². The van der Waals surface area contributed by atoms with E-state index in [1.807, 2.05) is 0 Å². The van der Waals surface area contributed by atoms with E-state index < -0.39 is 0 Å². The van der Waals surface area contributed by atoms with Crippen molar-refractivity contribution >= 4 is 0 Å². The predicted molar refractivity (Wildman–Crippen MR) is 155 cm³/mol. The first kappa shape index (κ1) is 31.4. The van der Waals surface area contributed by atoms with Gasteiger partial charge in [0.15, 0.2) is 0 Å². The third kappa shape index (κ3) is 18.7. The van der Waals surface area contributed by atoms with E-state index in [2.05, 4.69) is 49.4 Å². The lowest BCUT2D eigenvalue weighted by atomic mass is 9.91. The summed E-state index contributed by atoms with van der Waals surface area (Å²) in [5.74, 6) is 0.901. The summed E-state index contributed by atoms with van der Waals surface area (Å²) in [7, 11) is 2.25. The number of nitrogens with zero attached hydrogens (tertiary/aromatic N) is 2. The Kier molecular flexibility index (Phi) is 21.1. The van der Waals surface area contributed by atoms with Crippen molar-refractivity contribution in [3.8, 4) is 0 Å². The van der Waals surface area contributed by atoms with E-state index in [0.29, 0.717) is 0 Å². The minimum Gasteiger partial charge on any atom is -0.304 e. The standard InChI is InChI=1S/C32H62N2/c1-5-7-8-9-10-11-12-13-14-15-16-17-18-19-20-22-31(3)23-24-32(21-6-2)25-26-34-29-27-33(4)28-30-34/h10-11,32H,3,5-9,12-30H2,1-2,4H3/b11-10-. The van der Waals surface area contributed by atoms with E-state index in [9.17, 15) is 0 Å². The van der Waals surface area contributed by atoms with Crippen molar-refractivity contribution in [2.24, 2.45) is 5.92 Å². The van der Waals surface area contributed by atoms with Gasteiger partial charge < -0.3 is 9.80 Å². The summed E-state index contributed by atoms with van der Waals surface area (Å²) in [5.41, 5.74) is 1.52. The van der Waals surface area contributed by atoms with Gasteiger partial charge in [0.2, 0.25) is 0 Å². The Morgan fingerprint density at radius 1 is 0.676 bits per heavy atom. The molecule has 34 heavy (non-hydrogen) atoms. The second kappa shape index (κ2) is 22.8. The first-order valence-corrected chi connectivity index (χ1v) is 15.4. The van der Waals surface area contributed by atoms with Gasteiger partial charge in [0.25, 0.3) is 0 Å². The maximum atomic E-state index is 4.43. The molecule has 200 valence electrons. The van der Waals surface area contributed by atoms with Crippen molar-refractivity contribution in [3.63, 3.8) is 0 Å². The van der Waals surface area contributed by atoms with Crippen molar-refractivity contribution in [1.82, 2.24) is 9.80 Å². The summed E-state index contributed by atoms with van der Waals surface area (Å²) in [6.45, 7) is 15.4. The van der Waals surface area contributed by atoms with Gasteiger partial charge in [-0.3, -0.25) is 0 Å². The first-order valence-electron chi connectivity index (χ1n) is 15.4. The van der Waals surface area contributed by atoms with Crippen LogP contribution >= 0.6 is 0 Å². The van der Waals surface area contributed by atoms with Gasteiger partial charge in [0.1, 0.15) is 0 Å². The molecule has 1 heterocycles. The summed E-state index contributed by atoms with van der Waals surface area (Å²) < 4.78 is 0. The Morgan fingerprint density at radius 3 is 1.88 bits per heavy atom. The Hall–Kier alpha value is -0.600. The van der Waals surface area contributed by atoms with Gasteiger partial charge in [-0.15, -0.1) is 0 Å². The van der Waals surface area contributed by atoms with Crippen LogP contribution in [-0.4, -0.2) is 49.6 Å². The molecule has 1 saturated heterocycles. The quantitative estimate of drug-likeness (QED) is 0.107. The highest BCUT2D eigenvalue weighted by atomic mass is 15.2. The molecule has 1 fully saturated rings. The van der Waals surface area contributed by atoms with E-state index in [1.54, 1.807) is 0 Å². The zero-order valence-corrected chi connectivity index (χ0v) is 23.8. The highest BCUT2D eigenvalue weighted by molar-refractivity contribution is 4.94. The number of rotatable bonds is 23. The Balaban J connectivity index is 1.93. The van der Waals surface area contributed by atoms with Gasteiger partial charge in [-0.2, -0.15) is 0 Å². The SMILES string of the molecule is C=C(CCCCCCCCCC/C=C\CCCCC)CCC(CCC)CCN1CCN(C)CC1. The van der Waals surface area contributed by atoms with Crippen LogP contribution in [-0.2, 0) is 0 Å². The lowest BCUT2D eigenvalue weighted by Gasteiger charge is -2.33. The van der Waals surface area contributed by atoms with Crippen LogP contribution in [0.3, 0.4) is 0 Å².